The Kier molecular flexibility index (Phi) is 4.58. The van der Waals surface area contributed by atoms with Gasteiger partial charge in [-0.2, -0.15) is 0 Å². The number of aromatic nitrogens is 3. The molecule has 3 nitrogen and oxygen atoms in total. The molecule has 0 aromatic carbocycles. The third-order valence-corrected chi connectivity index (χ3v) is 3.33. The second-order valence-corrected chi connectivity index (χ2v) is 4.47. The monoisotopic (exact) mass is 229 g/mol. The molecule has 0 bridgehead atoms. The lowest BCUT2D eigenvalue weighted by atomic mass is 10.0. The van der Waals surface area contributed by atoms with Crippen LogP contribution in [0.4, 0.5) is 0 Å². The van der Waals surface area contributed by atoms with Crippen molar-refractivity contribution in [1.82, 2.24) is 14.8 Å². The van der Waals surface area contributed by atoms with Crippen LogP contribution < -0.4 is 0 Å². The van der Waals surface area contributed by atoms with Gasteiger partial charge < -0.3 is 0 Å². The highest BCUT2D eigenvalue weighted by Gasteiger charge is 2.19. The molecule has 0 N–H and O–H groups in total. The molecule has 2 atom stereocenters. The maximum Gasteiger partial charge on any atom is 0.225 e. The summed E-state index contributed by atoms with van der Waals surface area (Å²) in [5, 5.41) is 8.60. The van der Waals surface area contributed by atoms with Crippen LogP contribution in [-0.4, -0.2) is 14.8 Å². The summed E-state index contributed by atoms with van der Waals surface area (Å²) in [6, 6.07) is 0.374. The summed E-state index contributed by atoms with van der Waals surface area (Å²) < 4.78 is 2.07. The van der Waals surface area contributed by atoms with Crippen LogP contribution in [-0.2, 0) is 6.42 Å². The maximum absolute atomic E-state index is 6.07. The van der Waals surface area contributed by atoms with Crippen LogP contribution in [0.1, 0.15) is 52.4 Å². The minimum Gasteiger partial charge on any atom is -0.299 e. The quantitative estimate of drug-likeness (QED) is 0.774. The third kappa shape index (κ3) is 2.71. The first-order chi connectivity index (χ1) is 7.11. The minimum atomic E-state index is 0.374. The lowest BCUT2D eigenvalue weighted by Crippen LogP contribution is -2.16. The molecule has 0 amide bonds. The van der Waals surface area contributed by atoms with E-state index in [0.29, 0.717) is 17.2 Å². The predicted octanol–water partition coefficient (Wildman–Crippen LogP) is 3.49. The predicted molar refractivity (Wildman–Crippen MR) is 63.2 cm³/mol. The van der Waals surface area contributed by atoms with Gasteiger partial charge in [-0.05, 0) is 30.9 Å². The van der Waals surface area contributed by atoms with Gasteiger partial charge in [0.05, 0.1) is 0 Å². The van der Waals surface area contributed by atoms with Gasteiger partial charge >= 0.3 is 0 Å². The molecule has 0 fully saturated rings. The molecule has 0 saturated carbocycles. The van der Waals surface area contributed by atoms with Crippen molar-refractivity contribution in [3.63, 3.8) is 0 Å². The molecule has 1 aromatic rings. The van der Waals surface area contributed by atoms with E-state index in [-0.39, 0.29) is 0 Å². The van der Waals surface area contributed by atoms with Crippen molar-refractivity contribution in [2.24, 2.45) is 5.92 Å². The number of halogens is 1. The van der Waals surface area contributed by atoms with Crippen molar-refractivity contribution >= 4 is 11.6 Å². The highest BCUT2D eigenvalue weighted by Crippen LogP contribution is 2.25. The molecule has 15 heavy (non-hydrogen) atoms. The van der Waals surface area contributed by atoms with Crippen molar-refractivity contribution in [3.05, 3.63) is 11.1 Å². The molecule has 0 aliphatic carbocycles. The smallest absolute Gasteiger partial charge is 0.225 e. The van der Waals surface area contributed by atoms with Crippen LogP contribution >= 0.6 is 11.6 Å². The Balaban J connectivity index is 2.94. The summed E-state index contributed by atoms with van der Waals surface area (Å²) >= 11 is 6.07. The minimum absolute atomic E-state index is 0.374. The average Bonchev–Trinajstić information content (AvgIpc) is 2.58. The SMILES string of the molecule is CCCc1nnc(Cl)n1C(C)C(C)CC. The van der Waals surface area contributed by atoms with E-state index in [1.54, 1.807) is 0 Å². The highest BCUT2D eigenvalue weighted by atomic mass is 35.5. The molecule has 1 heterocycles. The molecule has 1 aromatic heterocycles. The summed E-state index contributed by atoms with van der Waals surface area (Å²) in [7, 11) is 0. The molecular formula is C11H20ClN3. The summed E-state index contributed by atoms with van der Waals surface area (Å²) in [5.74, 6) is 1.60. The molecule has 0 aliphatic heterocycles. The van der Waals surface area contributed by atoms with Gasteiger partial charge in [0.1, 0.15) is 5.82 Å². The van der Waals surface area contributed by atoms with Crippen LogP contribution in [0, 0.1) is 5.92 Å². The van der Waals surface area contributed by atoms with Gasteiger partial charge in [-0.3, -0.25) is 4.57 Å². The highest BCUT2D eigenvalue weighted by molar-refractivity contribution is 6.28. The van der Waals surface area contributed by atoms with E-state index in [2.05, 4.69) is 42.5 Å². The Bertz CT molecular complexity index is 309. The number of nitrogens with zero attached hydrogens (tertiary/aromatic N) is 3. The molecule has 86 valence electrons. The van der Waals surface area contributed by atoms with E-state index in [1.165, 1.54) is 0 Å². The Morgan fingerprint density at radius 3 is 2.47 bits per heavy atom. The average molecular weight is 230 g/mol. The fraction of sp³-hybridized carbons (Fsp3) is 0.818. The lowest BCUT2D eigenvalue weighted by molar-refractivity contribution is 0.361. The van der Waals surface area contributed by atoms with Gasteiger partial charge in [-0.15, -0.1) is 10.2 Å². The molecular weight excluding hydrogens is 210 g/mol. The first kappa shape index (κ1) is 12.5. The second kappa shape index (κ2) is 5.50. The van der Waals surface area contributed by atoms with Crippen LogP contribution in [0.3, 0.4) is 0 Å². The standard InChI is InChI=1S/C11H20ClN3/c1-5-7-10-13-14-11(12)15(10)9(4)8(3)6-2/h8-9H,5-7H2,1-4H3. The van der Waals surface area contributed by atoms with Gasteiger partial charge in [0.25, 0.3) is 0 Å². The maximum atomic E-state index is 6.07. The number of aryl methyl sites for hydroxylation is 1. The molecule has 0 spiro atoms. The van der Waals surface area contributed by atoms with Crippen molar-refractivity contribution in [3.8, 4) is 0 Å². The normalized spacial score (nSPS) is 15.3. The summed E-state index contributed by atoms with van der Waals surface area (Å²) in [4.78, 5) is 0. The fourth-order valence-corrected chi connectivity index (χ4v) is 1.98. The van der Waals surface area contributed by atoms with Crippen LogP contribution in [0.5, 0.6) is 0 Å². The zero-order valence-electron chi connectivity index (χ0n) is 10.00. The Morgan fingerprint density at radius 2 is 1.93 bits per heavy atom. The zero-order chi connectivity index (χ0) is 11.4. The van der Waals surface area contributed by atoms with E-state index < -0.39 is 0 Å². The van der Waals surface area contributed by atoms with Gasteiger partial charge in [0.2, 0.25) is 5.28 Å². The summed E-state index contributed by atoms with van der Waals surface area (Å²) in [6.07, 6.45) is 3.16. The Morgan fingerprint density at radius 1 is 1.27 bits per heavy atom. The number of rotatable bonds is 5. The first-order valence-electron chi connectivity index (χ1n) is 5.71. The van der Waals surface area contributed by atoms with E-state index >= 15 is 0 Å². The Hall–Kier alpha value is -0.570. The first-order valence-corrected chi connectivity index (χ1v) is 6.08. The van der Waals surface area contributed by atoms with Crippen LogP contribution in [0.25, 0.3) is 0 Å². The van der Waals surface area contributed by atoms with E-state index in [0.717, 1.165) is 25.1 Å². The van der Waals surface area contributed by atoms with Crippen LogP contribution in [0.2, 0.25) is 5.28 Å². The number of hydrogen-bond donors (Lipinski definition) is 0. The fourth-order valence-electron chi connectivity index (χ4n) is 1.69. The van der Waals surface area contributed by atoms with E-state index in [4.69, 9.17) is 11.6 Å². The number of hydrogen-bond acceptors (Lipinski definition) is 2. The van der Waals surface area contributed by atoms with Gasteiger partial charge in [-0.25, -0.2) is 0 Å². The largest absolute Gasteiger partial charge is 0.299 e. The van der Waals surface area contributed by atoms with E-state index in [1.807, 2.05) is 0 Å². The summed E-state index contributed by atoms with van der Waals surface area (Å²) in [6.45, 7) is 8.75. The van der Waals surface area contributed by atoms with Crippen molar-refractivity contribution in [1.29, 1.82) is 0 Å². The lowest BCUT2D eigenvalue weighted by Gasteiger charge is -2.21. The van der Waals surface area contributed by atoms with Gasteiger partial charge in [0, 0.05) is 12.5 Å². The molecule has 1 rings (SSSR count). The van der Waals surface area contributed by atoms with E-state index in [9.17, 15) is 0 Å². The zero-order valence-corrected chi connectivity index (χ0v) is 10.8. The van der Waals surface area contributed by atoms with Crippen LogP contribution in [0.15, 0.2) is 0 Å². The third-order valence-electron chi connectivity index (χ3n) is 3.07. The van der Waals surface area contributed by atoms with Gasteiger partial charge in [0.15, 0.2) is 0 Å². The van der Waals surface area contributed by atoms with Crippen molar-refractivity contribution < 1.29 is 0 Å². The van der Waals surface area contributed by atoms with Crippen molar-refractivity contribution in [2.75, 3.05) is 0 Å². The summed E-state index contributed by atoms with van der Waals surface area (Å²) in [5.41, 5.74) is 0. The topological polar surface area (TPSA) is 30.7 Å². The van der Waals surface area contributed by atoms with Crippen molar-refractivity contribution in [2.45, 2.75) is 53.0 Å². The second-order valence-electron chi connectivity index (χ2n) is 4.13. The molecule has 0 aliphatic rings. The Labute approximate surface area is 96.8 Å². The molecule has 4 heteroatoms. The van der Waals surface area contributed by atoms with Gasteiger partial charge in [-0.1, -0.05) is 27.2 Å². The molecule has 0 radical (unpaired) electrons. The molecule has 0 saturated heterocycles. The molecule has 2 unspecified atom stereocenters.